The molecule has 0 aromatic rings. The van der Waals surface area contributed by atoms with Crippen molar-refractivity contribution in [3.63, 3.8) is 0 Å². The number of hydrogen-bond acceptors (Lipinski definition) is 1. The van der Waals surface area contributed by atoms with Gasteiger partial charge in [0.2, 0.25) is 0 Å². The molecule has 0 radical (unpaired) electrons. The molecule has 0 saturated heterocycles. The Labute approximate surface area is 76.2 Å². The van der Waals surface area contributed by atoms with Crippen LogP contribution in [0.3, 0.4) is 0 Å². The summed E-state index contributed by atoms with van der Waals surface area (Å²) in [6.07, 6.45) is 8.72. The maximum atomic E-state index is 3.81. The van der Waals surface area contributed by atoms with E-state index in [1.54, 1.807) is 0 Å². The van der Waals surface area contributed by atoms with Crippen LogP contribution in [0.1, 0.15) is 39.0 Å². The fourth-order valence-corrected chi connectivity index (χ4v) is 2.45. The first-order valence-electron chi connectivity index (χ1n) is 5.01. The maximum Gasteiger partial charge on any atom is 0.0152 e. The molecule has 1 nitrogen and oxygen atoms in total. The van der Waals surface area contributed by atoms with Crippen LogP contribution in [0, 0.1) is 5.41 Å². The first-order valence-corrected chi connectivity index (χ1v) is 5.01. The van der Waals surface area contributed by atoms with E-state index in [0.717, 1.165) is 6.42 Å². The van der Waals surface area contributed by atoms with Crippen LogP contribution in [-0.2, 0) is 0 Å². The molecule has 1 atom stereocenters. The van der Waals surface area contributed by atoms with Crippen LogP contribution >= 0.6 is 0 Å². The quantitative estimate of drug-likeness (QED) is 0.635. The van der Waals surface area contributed by atoms with Crippen LogP contribution in [0.25, 0.3) is 0 Å². The lowest BCUT2D eigenvalue weighted by Crippen LogP contribution is -2.39. The summed E-state index contributed by atoms with van der Waals surface area (Å²) in [4.78, 5) is 0. The normalized spacial score (nSPS) is 23.8. The van der Waals surface area contributed by atoms with Gasteiger partial charge < -0.3 is 5.32 Å². The van der Waals surface area contributed by atoms with Crippen LogP contribution in [0.15, 0.2) is 12.7 Å². The molecule has 0 amide bonds. The zero-order chi connectivity index (χ0) is 9.03. The molecule has 1 fully saturated rings. The Kier molecular flexibility index (Phi) is 3.33. The summed E-state index contributed by atoms with van der Waals surface area (Å²) in [5, 5.41) is 3.41. The molecule has 1 rings (SSSR count). The van der Waals surface area contributed by atoms with Crippen molar-refractivity contribution in [1.82, 2.24) is 5.32 Å². The fraction of sp³-hybridized carbons (Fsp3) is 0.818. The molecule has 0 aliphatic heterocycles. The zero-order valence-corrected chi connectivity index (χ0v) is 8.40. The molecule has 12 heavy (non-hydrogen) atoms. The fourth-order valence-electron chi connectivity index (χ4n) is 2.45. The monoisotopic (exact) mass is 167 g/mol. The first-order chi connectivity index (χ1) is 5.73. The van der Waals surface area contributed by atoms with Crippen LogP contribution in [-0.4, -0.2) is 13.1 Å². The summed E-state index contributed by atoms with van der Waals surface area (Å²) in [6, 6.07) is 0.637. The minimum Gasteiger partial charge on any atom is -0.316 e. The molecule has 1 aliphatic rings. The molecule has 0 spiro atoms. The van der Waals surface area contributed by atoms with Gasteiger partial charge in [-0.3, -0.25) is 0 Å². The molecule has 1 saturated carbocycles. The van der Waals surface area contributed by atoms with Gasteiger partial charge in [-0.1, -0.05) is 25.8 Å². The van der Waals surface area contributed by atoms with Gasteiger partial charge >= 0.3 is 0 Å². The van der Waals surface area contributed by atoms with Gasteiger partial charge in [0, 0.05) is 6.04 Å². The molecule has 1 heteroatoms. The maximum absolute atomic E-state index is 3.81. The van der Waals surface area contributed by atoms with Crippen molar-refractivity contribution in [2.75, 3.05) is 7.05 Å². The van der Waals surface area contributed by atoms with Crippen molar-refractivity contribution >= 4 is 0 Å². The second-order valence-corrected chi connectivity index (χ2v) is 4.23. The molecular weight excluding hydrogens is 146 g/mol. The predicted molar refractivity (Wildman–Crippen MR) is 54.2 cm³/mol. The first kappa shape index (κ1) is 9.79. The van der Waals surface area contributed by atoms with Gasteiger partial charge in [-0.25, -0.2) is 0 Å². The summed E-state index contributed by atoms with van der Waals surface area (Å²) < 4.78 is 0. The third-order valence-electron chi connectivity index (χ3n) is 3.34. The Hall–Kier alpha value is -0.300. The summed E-state index contributed by atoms with van der Waals surface area (Å²) in [7, 11) is 2.07. The second kappa shape index (κ2) is 4.08. The Morgan fingerprint density at radius 1 is 1.50 bits per heavy atom. The summed E-state index contributed by atoms with van der Waals surface area (Å²) in [5.74, 6) is 0. The smallest absolute Gasteiger partial charge is 0.0152 e. The Morgan fingerprint density at radius 2 is 2.08 bits per heavy atom. The van der Waals surface area contributed by atoms with Gasteiger partial charge in [0.15, 0.2) is 0 Å². The topological polar surface area (TPSA) is 12.0 Å². The number of nitrogens with one attached hydrogen (secondary N) is 1. The average molecular weight is 167 g/mol. The van der Waals surface area contributed by atoms with E-state index in [1.165, 1.54) is 25.7 Å². The molecule has 0 aromatic heterocycles. The van der Waals surface area contributed by atoms with E-state index in [9.17, 15) is 0 Å². The lowest BCUT2D eigenvalue weighted by Gasteiger charge is -2.33. The third kappa shape index (κ3) is 1.89. The van der Waals surface area contributed by atoms with Crippen molar-refractivity contribution < 1.29 is 0 Å². The van der Waals surface area contributed by atoms with E-state index in [-0.39, 0.29) is 0 Å². The molecule has 1 aliphatic carbocycles. The van der Waals surface area contributed by atoms with Crippen LogP contribution < -0.4 is 5.32 Å². The van der Waals surface area contributed by atoms with E-state index < -0.39 is 0 Å². The van der Waals surface area contributed by atoms with Crippen molar-refractivity contribution in [2.45, 2.75) is 45.1 Å². The van der Waals surface area contributed by atoms with Gasteiger partial charge in [-0.2, -0.15) is 0 Å². The molecule has 1 N–H and O–H groups in total. The minimum absolute atomic E-state index is 0.531. The Morgan fingerprint density at radius 3 is 2.50 bits per heavy atom. The van der Waals surface area contributed by atoms with E-state index in [0.29, 0.717) is 11.5 Å². The van der Waals surface area contributed by atoms with E-state index in [2.05, 4.69) is 25.9 Å². The second-order valence-electron chi connectivity index (χ2n) is 4.23. The standard InChI is InChI=1S/C11H21N/c1-4-7-10(12-3)11(2)8-5-6-9-11/h4,10,12H,1,5-9H2,2-3H3. The minimum atomic E-state index is 0.531. The van der Waals surface area contributed by atoms with Gasteiger partial charge in [0.25, 0.3) is 0 Å². The van der Waals surface area contributed by atoms with Gasteiger partial charge in [0.1, 0.15) is 0 Å². The van der Waals surface area contributed by atoms with E-state index >= 15 is 0 Å². The summed E-state index contributed by atoms with van der Waals surface area (Å²) in [5.41, 5.74) is 0.531. The van der Waals surface area contributed by atoms with Crippen molar-refractivity contribution in [1.29, 1.82) is 0 Å². The molecular formula is C11H21N. The van der Waals surface area contributed by atoms with Crippen LogP contribution in [0.4, 0.5) is 0 Å². The molecule has 0 bridgehead atoms. The SMILES string of the molecule is C=CCC(NC)C1(C)CCCC1. The summed E-state index contributed by atoms with van der Waals surface area (Å²) in [6.45, 7) is 6.22. The van der Waals surface area contributed by atoms with Gasteiger partial charge in [-0.15, -0.1) is 6.58 Å². The van der Waals surface area contributed by atoms with E-state index in [1.807, 2.05) is 6.08 Å². The Balaban J connectivity index is 2.55. The number of hydrogen-bond donors (Lipinski definition) is 1. The zero-order valence-electron chi connectivity index (χ0n) is 8.40. The number of rotatable bonds is 4. The lowest BCUT2D eigenvalue weighted by molar-refractivity contribution is 0.232. The van der Waals surface area contributed by atoms with Gasteiger partial charge in [-0.05, 0) is 31.7 Å². The largest absolute Gasteiger partial charge is 0.316 e. The van der Waals surface area contributed by atoms with Crippen LogP contribution in [0.2, 0.25) is 0 Å². The highest BCUT2D eigenvalue weighted by Crippen LogP contribution is 2.41. The van der Waals surface area contributed by atoms with Crippen molar-refractivity contribution in [3.8, 4) is 0 Å². The molecule has 0 heterocycles. The van der Waals surface area contributed by atoms with Crippen molar-refractivity contribution in [2.24, 2.45) is 5.41 Å². The summed E-state index contributed by atoms with van der Waals surface area (Å²) >= 11 is 0. The highest BCUT2D eigenvalue weighted by molar-refractivity contribution is 4.93. The molecule has 70 valence electrons. The Bertz CT molecular complexity index is 145. The highest BCUT2D eigenvalue weighted by Gasteiger charge is 2.34. The third-order valence-corrected chi connectivity index (χ3v) is 3.34. The average Bonchev–Trinajstić information content (AvgIpc) is 2.49. The van der Waals surface area contributed by atoms with E-state index in [4.69, 9.17) is 0 Å². The predicted octanol–water partition coefficient (Wildman–Crippen LogP) is 2.73. The van der Waals surface area contributed by atoms with Crippen molar-refractivity contribution in [3.05, 3.63) is 12.7 Å². The van der Waals surface area contributed by atoms with Gasteiger partial charge in [0.05, 0.1) is 0 Å². The van der Waals surface area contributed by atoms with Crippen LogP contribution in [0.5, 0.6) is 0 Å². The lowest BCUT2D eigenvalue weighted by atomic mass is 9.79. The molecule has 0 aromatic carbocycles. The highest BCUT2D eigenvalue weighted by atomic mass is 14.9. The molecule has 1 unspecified atom stereocenters.